The predicted octanol–water partition coefficient (Wildman–Crippen LogP) is 3.30. The van der Waals surface area contributed by atoms with Crippen LogP contribution in [0.4, 0.5) is 5.69 Å². The van der Waals surface area contributed by atoms with E-state index < -0.39 is 0 Å². The normalized spacial score (nSPS) is 15.0. The quantitative estimate of drug-likeness (QED) is 0.668. The number of hydrogen-bond acceptors (Lipinski definition) is 5. The van der Waals surface area contributed by atoms with Crippen molar-refractivity contribution in [2.45, 2.75) is 46.8 Å². The second kappa shape index (κ2) is 7.23. The lowest BCUT2D eigenvalue weighted by Crippen LogP contribution is -2.23. The van der Waals surface area contributed by atoms with E-state index in [0.717, 1.165) is 53.1 Å². The molecule has 0 atom stereocenters. The molecule has 0 aromatic carbocycles. The van der Waals surface area contributed by atoms with Gasteiger partial charge in [0, 0.05) is 26.1 Å². The first-order chi connectivity index (χ1) is 13.1. The van der Waals surface area contributed by atoms with Crippen molar-refractivity contribution in [3.8, 4) is 0 Å². The molecule has 0 aliphatic carbocycles. The number of aromatic nitrogens is 4. The number of hydrogen-bond donors (Lipinski definition) is 0. The Labute approximate surface area is 158 Å². The van der Waals surface area contributed by atoms with Crippen molar-refractivity contribution in [2.75, 3.05) is 18.1 Å². The standard InChI is InChI=1S/C20H25N5O2/c1-4-27-12-17-23-16-10-21-15-8-14(24-7-5-6-18(24)26)9-22-19(15)20(16)25(17)11-13(2)3/h8-10,13H,4-7,11-12H2,1-3H3. The Morgan fingerprint density at radius 2 is 2.07 bits per heavy atom. The second-order valence-electron chi connectivity index (χ2n) is 7.37. The Hall–Kier alpha value is -2.54. The molecule has 1 fully saturated rings. The Morgan fingerprint density at radius 1 is 1.22 bits per heavy atom. The van der Waals surface area contributed by atoms with Gasteiger partial charge in [0.2, 0.25) is 5.91 Å². The van der Waals surface area contributed by atoms with Crippen molar-refractivity contribution in [1.29, 1.82) is 0 Å². The highest BCUT2D eigenvalue weighted by Gasteiger charge is 2.23. The van der Waals surface area contributed by atoms with Gasteiger partial charge in [-0.15, -0.1) is 0 Å². The molecule has 0 bridgehead atoms. The lowest BCUT2D eigenvalue weighted by Gasteiger charge is -2.16. The number of ether oxygens (including phenoxy) is 1. The summed E-state index contributed by atoms with van der Waals surface area (Å²) in [6, 6.07) is 1.96. The van der Waals surface area contributed by atoms with Gasteiger partial charge in [0.05, 0.1) is 29.1 Å². The summed E-state index contributed by atoms with van der Waals surface area (Å²) in [5, 5.41) is 0. The fourth-order valence-electron chi connectivity index (χ4n) is 3.65. The van der Waals surface area contributed by atoms with Crippen LogP contribution in [0.3, 0.4) is 0 Å². The third-order valence-electron chi connectivity index (χ3n) is 4.85. The first kappa shape index (κ1) is 17.9. The van der Waals surface area contributed by atoms with Crippen LogP contribution in [0.2, 0.25) is 0 Å². The van der Waals surface area contributed by atoms with Crippen LogP contribution in [0.15, 0.2) is 18.5 Å². The highest BCUT2D eigenvalue weighted by atomic mass is 16.5. The van der Waals surface area contributed by atoms with Crippen LogP contribution in [0, 0.1) is 5.92 Å². The van der Waals surface area contributed by atoms with E-state index in [1.165, 1.54) is 0 Å². The van der Waals surface area contributed by atoms with Gasteiger partial charge in [-0.3, -0.25) is 14.8 Å². The molecule has 3 aromatic heterocycles. The van der Waals surface area contributed by atoms with Crippen molar-refractivity contribution in [3.05, 3.63) is 24.3 Å². The predicted molar refractivity (Wildman–Crippen MR) is 105 cm³/mol. The number of amides is 1. The Morgan fingerprint density at radius 3 is 2.78 bits per heavy atom. The summed E-state index contributed by atoms with van der Waals surface area (Å²) in [5.41, 5.74) is 4.24. The van der Waals surface area contributed by atoms with Gasteiger partial charge in [-0.1, -0.05) is 13.8 Å². The van der Waals surface area contributed by atoms with Gasteiger partial charge in [0.25, 0.3) is 0 Å². The van der Waals surface area contributed by atoms with Gasteiger partial charge >= 0.3 is 0 Å². The molecule has 0 unspecified atom stereocenters. The fraction of sp³-hybridized carbons (Fsp3) is 0.500. The summed E-state index contributed by atoms with van der Waals surface area (Å²) < 4.78 is 7.82. The number of carbonyl (C=O) groups excluding carboxylic acids is 1. The molecule has 0 spiro atoms. The van der Waals surface area contributed by atoms with E-state index in [9.17, 15) is 4.79 Å². The Balaban J connectivity index is 1.86. The number of nitrogens with zero attached hydrogens (tertiary/aromatic N) is 5. The molecule has 0 N–H and O–H groups in total. The minimum Gasteiger partial charge on any atom is -0.374 e. The number of pyridine rings is 2. The van der Waals surface area contributed by atoms with E-state index in [2.05, 4.69) is 23.4 Å². The number of fused-ring (bicyclic) bond motifs is 3. The molecule has 1 amide bonds. The largest absolute Gasteiger partial charge is 0.374 e. The van der Waals surface area contributed by atoms with Crippen LogP contribution >= 0.6 is 0 Å². The third-order valence-corrected chi connectivity index (χ3v) is 4.85. The summed E-state index contributed by atoms with van der Waals surface area (Å²) >= 11 is 0. The number of carbonyl (C=O) groups is 1. The maximum absolute atomic E-state index is 12.1. The summed E-state index contributed by atoms with van der Waals surface area (Å²) in [6.45, 7) is 9.06. The fourth-order valence-corrected chi connectivity index (χ4v) is 3.65. The SMILES string of the molecule is CCOCc1nc2cnc3cc(N4CCCC4=O)cnc3c2n1CC(C)C. The lowest BCUT2D eigenvalue weighted by molar-refractivity contribution is -0.117. The van der Waals surface area contributed by atoms with Crippen molar-refractivity contribution < 1.29 is 9.53 Å². The Kier molecular flexibility index (Phi) is 4.78. The molecule has 142 valence electrons. The number of anilines is 1. The lowest BCUT2D eigenvalue weighted by atomic mass is 10.2. The zero-order valence-electron chi connectivity index (χ0n) is 16.1. The zero-order chi connectivity index (χ0) is 19.0. The number of rotatable bonds is 6. The molecule has 4 rings (SSSR count). The molecular weight excluding hydrogens is 342 g/mol. The van der Waals surface area contributed by atoms with Crippen molar-refractivity contribution in [3.63, 3.8) is 0 Å². The summed E-state index contributed by atoms with van der Waals surface area (Å²) in [5.74, 6) is 1.52. The minimum atomic E-state index is 0.154. The summed E-state index contributed by atoms with van der Waals surface area (Å²) in [6.07, 6.45) is 5.07. The first-order valence-corrected chi connectivity index (χ1v) is 9.60. The average molecular weight is 367 g/mol. The highest BCUT2D eigenvalue weighted by molar-refractivity contribution is 6.02. The smallest absolute Gasteiger partial charge is 0.227 e. The van der Waals surface area contributed by atoms with E-state index in [1.54, 1.807) is 17.3 Å². The molecule has 1 saturated heterocycles. The molecule has 0 radical (unpaired) electrons. The molecule has 7 heteroatoms. The molecule has 4 heterocycles. The highest BCUT2D eigenvalue weighted by Crippen LogP contribution is 2.28. The van der Waals surface area contributed by atoms with E-state index in [4.69, 9.17) is 14.7 Å². The topological polar surface area (TPSA) is 73.1 Å². The van der Waals surface area contributed by atoms with Crippen LogP contribution in [0.5, 0.6) is 0 Å². The number of imidazole rings is 1. The molecule has 1 aliphatic heterocycles. The summed E-state index contributed by atoms with van der Waals surface area (Å²) in [4.78, 5) is 27.8. The van der Waals surface area contributed by atoms with Gasteiger partial charge in [-0.05, 0) is 25.3 Å². The van der Waals surface area contributed by atoms with Crippen molar-refractivity contribution in [1.82, 2.24) is 19.5 Å². The van der Waals surface area contributed by atoms with Gasteiger partial charge in [-0.25, -0.2) is 4.98 Å². The summed E-state index contributed by atoms with van der Waals surface area (Å²) in [7, 11) is 0. The van der Waals surface area contributed by atoms with Crippen LogP contribution in [-0.4, -0.2) is 38.6 Å². The molecule has 7 nitrogen and oxygen atoms in total. The molecule has 1 aliphatic rings. The maximum atomic E-state index is 12.1. The Bertz CT molecular complexity index is 995. The van der Waals surface area contributed by atoms with E-state index in [-0.39, 0.29) is 5.91 Å². The molecule has 0 saturated carbocycles. The maximum Gasteiger partial charge on any atom is 0.227 e. The van der Waals surface area contributed by atoms with E-state index in [0.29, 0.717) is 25.6 Å². The average Bonchev–Trinajstić information content (AvgIpc) is 3.23. The van der Waals surface area contributed by atoms with Crippen molar-refractivity contribution >= 4 is 33.7 Å². The monoisotopic (exact) mass is 367 g/mol. The van der Waals surface area contributed by atoms with Gasteiger partial charge in [-0.2, -0.15) is 0 Å². The van der Waals surface area contributed by atoms with Gasteiger partial charge in [0.1, 0.15) is 23.5 Å². The van der Waals surface area contributed by atoms with Crippen LogP contribution in [0.1, 0.15) is 39.4 Å². The minimum absolute atomic E-state index is 0.154. The van der Waals surface area contributed by atoms with E-state index >= 15 is 0 Å². The van der Waals surface area contributed by atoms with Crippen LogP contribution in [-0.2, 0) is 22.7 Å². The molecule has 27 heavy (non-hydrogen) atoms. The second-order valence-corrected chi connectivity index (χ2v) is 7.37. The molecular formula is C20H25N5O2. The first-order valence-electron chi connectivity index (χ1n) is 9.60. The van der Waals surface area contributed by atoms with Crippen LogP contribution in [0.25, 0.3) is 22.1 Å². The van der Waals surface area contributed by atoms with Crippen LogP contribution < -0.4 is 4.90 Å². The van der Waals surface area contributed by atoms with Crippen molar-refractivity contribution in [2.24, 2.45) is 5.92 Å². The molecule has 3 aromatic rings. The zero-order valence-corrected chi connectivity index (χ0v) is 16.1. The van der Waals surface area contributed by atoms with E-state index in [1.807, 2.05) is 13.0 Å². The van der Waals surface area contributed by atoms with Gasteiger partial charge in [0.15, 0.2) is 0 Å². The van der Waals surface area contributed by atoms with Gasteiger partial charge < -0.3 is 14.2 Å². The third kappa shape index (κ3) is 3.27.